The van der Waals surface area contributed by atoms with Gasteiger partial charge in [0.15, 0.2) is 0 Å². The van der Waals surface area contributed by atoms with Crippen molar-refractivity contribution >= 4 is 5.95 Å². The molecule has 1 aromatic rings. The first kappa shape index (κ1) is 15.3. The minimum absolute atomic E-state index is 0.264. The number of nitrogens with one attached hydrogen (secondary N) is 1. The summed E-state index contributed by atoms with van der Waals surface area (Å²) in [4.78, 5) is 6.83. The predicted octanol–water partition coefficient (Wildman–Crippen LogP) is 1.05. The number of hydrogen-bond donors (Lipinski definition) is 1. The zero-order chi connectivity index (χ0) is 14.2. The van der Waals surface area contributed by atoms with Gasteiger partial charge in [0, 0.05) is 51.7 Å². The largest absolute Gasteiger partial charge is 0.383 e. The summed E-state index contributed by atoms with van der Waals surface area (Å²) < 4.78 is 12.7. The number of nitrogens with zero attached hydrogens (tertiary/aromatic N) is 3. The van der Waals surface area contributed by atoms with Gasteiger partial charge in [-0.05, 0) is 13.3 Å². The second kappa shape index (κ2) is 8.24. The molecule has 1 fully saturated rings. The molecule has 0 aromatic carbocycles. The fourth-order valence-corrected chi connectivity index (χ4v) is 2.43. The van der Waals surface area contributed by atoms with Crippen molar-refractivity contribution in [1.82, 2.24) is 14.5 Å². The molecule has 1 unspecified atom stereocenters. The molecule has 0 amide bonds. The van der Waals surface area contributed by atoms with E-state index in [-0.39, 0.29) is 6.04 Å². The van der Waals surface area contributed by atoms with Crippen LogP contribution in [0.5, 0.6) is 0 Å². The Labute approximate surface area is 121 Å². The molecular formula is C14H26N4O2. The molecule has 6 heteroatoms. The summed E-state index contributed by atoms with van der Waals surface area (Å²) in [7, 11) is 1.72. The zero-order valence-corrected chi connectivity index (χ0v) is 12.5. The molecule has 1 aliphatic rings. The molecule has 2 heterocycles. The van der Waals surface area contributed by atoms with Crippen molar-refractivity contribution in [2.45, 2.75) is 25.9 Å². The van der Waals surface area contributed by atoms with Gasteiger partial charge in [0.1, 0.15) is 0 Å². The molecule has 0 bridgehead atoms. The van der Waals surface area contributed by atoms with Crippen LogP contribution in [0, 0.1) is 0 Å². The molecule has 0 saturated carbocycles. The smallest absolute Gasteiger partial charge is 0.203 e. The highest BCUT2D eigenvalue weighted by Crippen LogP contribution is 2.08. The van der Waals surface area contributed by atoms with E-state index in [1.54, 1.807) is 7.11 Å². The Hall–Kier alpha value is -1.11. The van der Waals surface area contributed by atoms with Crippen molar-refractivity contribution < 1.29 is 9.47 Å². The van der Waals surface area contributed by atoms with Crippen LogP contribution in [0.2, 0.25) is 0 Å². The molecule has 1 atom stereocenters. The Kier molecular flexibility index (Phi) is 6.29. The third-order valence-electron chi connectivity index (χ3n) is 3.48. The van der Waals surface area contributed by atoms with Crippen LogP contribution in [0.4, 0.5) is 5.95 Å². The number of aromatic nitrogens is 2. The van der Waals surface area contributed by atoms with Crippen LogP contribution in [0.1, 0.15) is 13.3 Å². The summed E-state index contributed by atoms with van der Waals surface area (Å²) in [6, 6.07) is 0.264. The number of rotatable bonds is 8. The van der Waals surface area contributed by atoms with Crippen LogP contribution in [0.3, 0.4) is 0 Å². The maximum absolute atomic E-state index is 5.36. The van der Waals surface area contributed by atoms with E-state index in [2.05, 4.69) is 26.7 Å². The standard InChI is InChI=1S/C14H26N4O2/c1-13(12-19-2)16-14-15-4-7-18(14)6-3-5-17-8-10-20-11-9-17/h4,7,13H,3,5-6,8-12H2,1-2H3,(H,15,16). The van der Waals surface area contributed by atoms with Crippen molar-refractivity contribution in [1.29, 1.82) is 0 Å². The second-order valence-electron chi connectivity index (χ2n) is 5.25. The monoisotopic (exact) mass is 282 g/mol. The van der Waals surface area contributed by atoms with E-state index < -0.39 is 0 Å². The minimum atomic E-state index is 0.264. The van der Waals surface area contributed by atoms with E-state index in [0.29, 0.717) is 6.61 Å². The van der Waals surface area contributed by atoms with Crippen molar-refractivity contribution in [3.63, 3.8) is 0 Å². The molecule has 1 N–H and O–H groups in total. The minimum Gasteiger partial charge on any atom is -0.383 e. The van der Waals surface area contributed by atoms with Crippen LogP contribution in [-0.4, -0.2) is 67.1 Å². The SMILES string of the molecule is COCC(C)Nc1nccn1CCCN1CCOCC1. The molecule has 1 aliphatic heterocycles. The number of imidazole rings is 1. The number of morpholine rings is 1. The third kappa shape index (κ3) is 4.77. The molecular weight excluding hydrogens is 256 g/mol. The van der Waals surface area contributed by atoms with Gasteiger partial charge >= 0.3 is 0 Å². The fraction of sp³-hybridized carbons (Fsp3) is 0.786. The van der Waals surface area contributed by atoms with Crippen LogP contribution in [0.15, 0.2) is 12.4 Å². The van der Waals surface area contributed by atoms with E-state index in [9.17, 15) is 0 Å². The first-order valence-electron chi connectivity index (χ1n) is 7.36. The van der Waals surface area contributed by atoms with Crippen molar-refractivity contribution in [2.75, 3.05) is 51.9 Å². The highest BCUT2D eigenvalue weighted by Gasteiger charge is 2.10. The van der Waals surface area contributed by atoms with Gasteiger partial charge in [0.25, 0.3) is 0 Å². The van der Waals surface area contributed by atoms with Crippen LogP contribution in [-0.2, 0) is 16.0 Å². The van der Waals surface area contributed by atoms with Gasteiger partial charge in [0.2, 0.25) is 5.95 Å². The Morgan fingerprint density at radius 2 is 2.20 bits per heavy atom. The number of anilines is 1. The second-order valence-corrected chi connectivity index (χ2v) is 5.25. The van der Waals surface area contributed by atoms with E-state index in [1.165, 1.54) is 0 Å². The van der Waals surface area contributed by atoms with Crippen LogP contribution >= 0.6 is 0 Å². The predicted molar refractivity (Wildman–Crippen MR) is 79.1 cm³/mol. The maximum Gasteiger partial charge on any atom is 0.203 e. The zero-order valence-electron chi connectivity index (χ0n) is 12.5. The molecule has 0 aliphatic carbocycles. The first-order chi connectivity index (χ1) is 9.79. The lowest BCUT2D eigenvalue weighted by atomic mass is 10.3. The average molecular weight is 282 g/mol. The fourth-order valence-electron chi connectivity index (χ4n) is 2.43. The summed E-state index contributed by atoms with van der Waals surface area (Å²) >= 11 is 0. The van der Waals surface area contributed by atoms with Gasteiger partial charge in [-0.3, -0.25) is 4.90 Å². The van der Waals surface area contributed by atoms with E-state index in [0.717, 1.165) is 51.8 Å². The number of aryl methyl sites for hydroxylation is 1. The lowest BCUT2D eigenvalue weighted by Gasteiger charge is -2.26. The number of methoxy groups -OCH3 is 1. The summed E-state index contributed by atoms with van der Waals surface area (Å²) in [5, 5.41) is 3.37. The van der Waals surface area contributed by atoms with Gasteiger partial charge in [-0.1, -0.05) is 0 Å². The molecule has 114 valence electrons. The van der Waals surface area contributed by atoms with E-state index >= 15 is 0 Å². The Morgan fingerprint density at radius 1 is 1.40 bits per heavy atom. The molecule has 20 heavy (non-hydrogen) atoms. The number of ether oxygens (including phenoxy) is 2. The van der Waals surface area contributed by atoms with Crippen molar-refractivity contribution in [3.05, 3.63) is 12.4 Å². The summed E-state index contributed by atoms with van der Waals surface area (Å²) in [5.74, 6) is 0.927. The number of hydrogen-bond acceptors (Lipinski definition) is 5. The highest BCUT2D eigenvalue weighted by molar-refractivity contribution is 5.27. The average Bonchev–Trinajstić information content (AvgIpc) is 2.88. The normalized spacial score (nSPS) is 18.1. The lowest BCUT2D eigenvalue weighted by molar-refractivity contribution is 0.0369. The van der Waals surface area contributed by atoms with E-state index in [1.807, 2.05) is 12.4 Å². The molecule has 6 nitrogen and oxygen atoms in total. The van der Waals surface area contributed by atoms with Gasteiger partial charge in [0.05, 0.1) is 19.8 Å². The topological polar surface area (TPSA) is 51.5 Å². The molecule has 2 rings (SSSR count). The van der Waals surface area contributed by atoms with Gasteiger partial charge in [-0.15, -0.1) is 0 Å². The summed E-state index contributed by atoms with van der Waals surface area (Å²) in [6.07, 6.45) is 5.00. The molecule has 0 radical (unpaired) electrons. The van der Waals surface area contributed by atoms with Gasteiger partial charge in [-0.2, -0.15) is 0 Å². The lowest BCUT2D eigenvalue weighted by Crippen LogP contribution is -2.37. The summed E-state index contributed by atoms with van der Waals surface area (Å²) in [6.45, 7) is 8.73. The molecule has 1 aromatic heterocycles. The third-order valence-corrected chi connectivity index (χ3v) is 3.48. The summed E-state index contributed by atoms with van der Waals surface area (Å²) in [5.41, 5.74) is 0. The molecule has 1 saturated heterocycles. The van der Waals surface area contributed by atoms with Gasteiger partial charge in [-0.25, -0.2) is 4.98 Å². The molecule has 0 spiro atoms. The van der Waals surface area contributed by atoms with Crippen LogP contribution in [0.25, 0.3) is 0 Å². The van der Waals surface area contributed by atoms with Crippen molar-refractivity contribution in [3.8, 4) is 0 Å². The first-order valence-corrected chi connectivity index (χ1v) is 7.36. The Bertz CT molecular complexity index is 377. The quantitative estimate of drug-likeness (QED) is 0.772. The maximum atomic E-state index is 5.36. The Morgan fingerprint density at radius 3 is 2.95 bits per heavy atom. The van der Waals surface area contributed by atoms with Crippen molar-refractivity contribution in [2.24, 2.45) is 0 Å². The van der Waals surface area contributed by atoms with E-state index in [4.69, 9.17) is 9.47 Å². The van der Waals surface area contributed by atoms with Gasteiger partial charge < -0.3 is 19.4 Å². The van der Waals surface area contributed by atoms with Crippen LogP contribution < -0.4 is 5.32 Å². The Balaban J connectivity index is 1.73. The highest BCUT2D eigenvalue weighted by atomic mass is 16.5.